The molecule has 0 spiro atoms. The summed E-state index contributed by atoms with van der Waals surface area (Å²) in [7, 11) is 3.29. The number of ether oxygens (including phenoxy) is 2. The number of nitrogens with zero attached hydrogens (tertiary/aromatic N) is 1. The van der Waals surface area contributed by atoms with Gasteiger partial charge in [0, 0.05) is 24.2 Å². The van der Waals surface area contributed by atoms with Crippen LogP contribution in [0.4, 0.5) is 5.69 Å². The van der Waals surface area contributed by atoms with Gasteiger partial charge >= 0.3 is 0 Å². The van der Waals surface area contributed by atoms with Crippen LogP contribution in [0.3, 0.4) is 0 Å². The predicted octanol–water partition coefficient (Wildman–Crippen LogP) is 2.62. The molecule has 24 heavy (non-hydrogen) atoms. The molecule has 0 radical (unpaired) electrons. The van der Waals surface area contributed by atoms with Crippen molar-refractivity contribution in [3.8, 4) is 5.75 Å². The van der Waals surface area contributed by atoms with Crippen LogP contribution in [0, 0.1) is 0 Å². The molecule has 0 unspecified atom stereocenters. The van der Waals surface area contributed by atoms with Crippen LogP contribution in [0.2, 0.25) is 5.02 Å². The highest BCUT2D eigenvalue weighted by Crippen LogP contribution is 2.27. The summed E-state index contributed by atoms with van der Waals surface area (Å²) >= 11 is 6.10. The van der Waals surface area contributed by atoms with Gasteiger partial charge in [-0.05, 0) is 31.0 Å². The molecule has 1 aromatic rings. The number of rotatable bonds is 6. The maximum absolute atomic E-state index is 6.24. The van der Waals surface area contributed by atoms with Crippen molar-refractivity contribution in [1.82, 2.24) is 5.32 Å². The van der Waals surface area contributed by atoms with E-state index in [0.29, 0.717) is 29.9 Å². The Bertz CT molecular complexity index is 553. The second-order valence-electron chi connectivity index (χ2n) is 5.89. The van der Waals surface area contributed by atoms with E-state index in [0.717, 1.165) is 18.5 Å². The third kappa shape index (κ3) is 5.54. The normalized spacial score (nSPS) is 21.4. The van der Waals surface area contributed by atoms with Gasteiger partial charge < -0.3 is 25.8 Å². The molecule has 134 valence electrons. The van der Waals surface area contributed by atoms with Gasteiger partial charge in [0.15, 0.2) is 5.96 Å². The largest absolute Gasteiger partial charge is 0.495 e. The van der Waals surface area contributed by atoms with Crippen LogP contribution in [0.5, 0.6) is 5.75 Å². The van der Waals surface area contributed by atoms with Crippen LogP contribution < -0.4 is 21.1 Å². The highest BCUT2D eigenvalue weighted by Gasteiger charge is 2.23. The number of halogens is 1. The van der Waals surface area contributed by atoms with E-state index in [-0.39, 0.29) is 12.1 Å². The fourth-order valence-corrected chi connectivity index (χ4v) is 2.96. The highest BCUT2D eigenvalue weighted by molar-refractivity contribution is 6.31. The maximum Gasteiger partial charge on any atom is 0.196 e. The molecule has 2 atom stereocenters. The summed E-state index contributed by atoms with van der Waals surface area (Å²) in [5.41, 5.74) is 7.00. The van der Waals surface area contributed by atoms with Gasteiger partial charge in [0.2, 0.25) is 0 Å². The van der Waals surface area contributed by atoms with E-state index in [1.165, 1.54) is 12.8 Å². The maximum atomic E-state index is 6.24. The Morgan fingerprint density at radius 3 is 2.83 bits per heavy atom. The second kappa shape index (κ2) is 9.71. The number of anilines is 1. The molecule has 2 rings (SSSR count). The summed E-state index contributed by atoms with van der Waals surface area (Å²) in [5.74, 6) is 1.36. The fourth-order valence-electron chi connectivity index (χ4n) is 2.79. The summed E-state index contributed by atoms with van der Waals surface area (Å²) < 4.78 is 10.5. The Morgan fingerprint density at radius 1 is 1.33 bits per heavy atom. The van der Waals surface area contributed by atoms with Crippen LogP contribution in [-0.2, 0) is 4.74 Å². The topological polar surface area (TPSA) is 80.9 Å². The molecule has 4 N–H and O–H groups in total. The van der Waals surface area contributed by atoms with Crippen LogP contribution in [-0.4, -0.2) is 45.4 Å². The van der Waals surface area contributed by atoms with E-state index in [1.807, 2.05) is 12.1 Å². The van der Waals surface area contributed by atoms with Gasteiger partial charge in [-0.1, -0.05) is 24.4 Å². The van der Waals surface area contributed by atoms with Gasteiger partial charge in [0.1, 0.15) is 5.75 Å². The zero-order chi connectivity index (χ0) is 17.4. The molecule has 1 aromatic carbocycles. The van der Waals surface area contributed by atoms with E-state index >= 15 is 0 Å². The number of guanidine groups is 1. The van der Waals surface area contributed by atoms with Gasteiger partial charge in [-0.2, -0.15) is 0 Å². The molecule has 7 heteroatoms. The first kappa shape index (κ1) is 18.8. The molecular weight excluding hydrogens is 328 g/mol. The molecular formula is C17H27ClN4O2. The molecule has 1 saturated carbocycles. The van der Waals surface area contributed by atoms with E-state index in [9.17, 15) is 0 Å². The first-order valence-corrected chi connectivity index (χ1v) is 8.68. The van der Waals surface area contributed by atoms with Gasteiger partial charge in [-0.15, -0.1) is 0 Å². The Morgan fingerprint density at radius 2 is 2.12 bits per heavy atom. The monoisotopic (exact) mass is 354 g/mol. The van der Waals surface area contributed by atoms with Crippen molar-refractivity contribution in [3.63, 3.8) is 0 Å². The third-order valence-electron chi connectivity index (χ3n) is 4.12. The van der Waals surface area contributed by atoms with Crippen molar-refractivity contribution in [3.05, 3.63) is 23.2 Å². The second-order valence-corrected chi connectivity index (χ2v) is 6.33. The van der Waals surface area contributed by atoms with E-state index in [2.05, 4.69) is 15.6 Å². The van der Waals surface area contributed by atoms with Crippen molar-refractivity contribution in [1.29, 1.82) is 0 Å². The number of aliphatic imine (C=N–C) groups is 1. The fraction of sp³-hybridized carbons (Fsp3) is 0.588. The smallest absolute Gasteiger partial charge is 0.196 e. The SMILES string of the molecule is COCCN=C(Nc1cc(Cl)ccc1OC)N[C@H]1CCCC[C@@H]1N. The molecule has 0 amide bonds. The molecule has 6 nitrogen and oxygen atoms in total. The van der Waals surface area contributed by atoms with Gasteiger partial charge in [0.05, 0.1) is 25.9 Å². The lowest BCUT2D eigenvalue weighted by atomic mass is 9.91. The lowest BCUT2D eigenvalue weighted by molar-refractivity contribution is 0.208. The van der Waals surface area contributed by atoms with Gasteiger partial charge in [0.25, 0.3) is 0 Å². The van der Waals surface area contributed by atoms with E-state index in [1.54, 1.807) is 20.3 Å². The number of hydrogen-bond acceptors (Lipinski definition) is 4. The Hall–Kier alpha value is -1.50. The lowest BCUT2D eigenvalue weighted by Crippen LogP contribution is -2.51. The summed E-state index contributed by atoms with van der Waals surface area (Å²) in [6, 6.07) is 5.77. The molecule has 1 aliphatic carbocycles. The van der Waals surface area contributed by atoms with E-state index < -0.39 is 0 Å². The molecule has 0 bridgehead atoms. The Labute approximate surface area is 148 Å². The first-order valence-electron chi connectivity index (χ1n) is 8.30. The standard InChI is InChI=1S/C17H27ClN4O2/c1-23-10-9-20-17(21-14-6-4-3-5-13(14)19)22-15-11-12(18)7-8-16(15)24-2/h7-8,11,13-14H,3-6,9-10,19H2,1-2H3,(H2,20,21,22)/t13-,14-/m0/s1. The highest BCUT2D eigenvalue weighted by atomic mass is 35.5. The van der Waals surface area contributed by atoms with Crippen molar-refractivity contribution in [2.45, 2.75) is 37.8 Å². The zero-order valence-electron chi connectivity index (χ0n) is 14.3. The van der Waals surface area contributed by atoms with Crippen molar-refractivity contribution in [2.24, 2.45) is 10.7 Å². The molecule has 1 fully saturated rings. The molecule has 0 saturated heterocycles. The van der Waals surface area contributed by atoms with E-state index in [4.69, 9.17) is 26.8 Å². The Balaban J connectivity index is 2.13. The van der Waals surface area contributed by atoms with Crippen molar-refractivity contribution < 1.29 is 9.47 Å². The average molecular weight is 355 g/mol. The van der Waals surface area contributed by atoms with Gasteiger partial charge in [-0.3, -0.25) is 4.99 Å². The van der Waals surface area contributed by atoms with Crippen LogP contribution >= 0.6 is 11.6 Å². The van der Waals surface area contributed by atoms with Crippen molar-refractivity contribution >= 4 is 23.2 Å². The number of nitrogens with two attached hydrogens (primary N) is 1. The number of hydrogen-bond donors (Lipinski definition) is 3. The number of nitrogens with one attached hydrogen (secondary N) is 2. The number of methoxy groups -OCH3 is 2. The molecule has 0 aliphatic heterocycles. The molecule has 0 heterocycles. The predicted molar refractivity (Wildman–Crippen MR) is 99.2 cm³/mol. The summed E-state index contributed by atoms with van der Waals surface area (Å²) in [4.78, 5) is 4.56. The molecule has 1 aliphatic rings. The quantitative estimate of drug-likeness (QED) is 0.415. The average Bonchev–Trinajstić information content (AvgIpc) is 2.57. The van der Waals surface area contributed by atoms with Gasteiger partial charge in [-0.25, -0.2) is 0 Å². The van der Waals surface area contributed by atoms with Crippen LogP contribution in [0.25, 0.3) is 0 Å². The minimum absolute atomic E-state index is 0.134. The minimum Gasteiger partial charge on any atom is -0.495 e. The lowest BCUT2D eigenvalue weighted by Gasteiger charge is -2.30. The third-order valence-corrected chi connectivity index (χ3v) is 4.36. The number of benzene rings is 1. The first-order chi connectivity index (χ1) is 11.6. The Kier molecular flexibility index (Phi) is 7.62. The summed E-state index contributed by atoms with van der Waals surface area (Å²) in [6.07, 6.45) is 4.44. The van der Waals surface area contributed by atoms with Crippen LogP contribution in [0.15, 0.2) is 23.2 Å². The van der Waals surface area contributed by atoms with Crippen molar-refractivity contribution in [2.75, 3.05) is 32.7 Å². The zero-order valence-corrected chi connectivity index (χ0v) is 15.1. The van der Waals surface area contributed by atoms with Crippen LogP contribution in [0.1, 0.15) is 25.7 Å². The summed E-state index contributed by atoms with van der Waals surface area (Å²) in [5, 5.41) is 7.36. The summed E-state index contributed by atoms with van der Waals surface area (Å²) in [6.45, 7) is 1.10. The minimum atomic E-state index is 0.134. The molecule has 0 aromatic heterocycles.